The van der Waals surface area contributed by atoms with Gasteiger partial charge < -0.3 is 15.4 Å². The highest BCUT2D eigenvalue weighted by atomic mass is 35.5. The molecule has 0 aliphatic carbocycles. The number of nitrogens with one attached hydrogen (secondary N) is 2. The number of carbonyl (C=O) groups is 1. The molecule has 2 N–H and O–H groups in total. The van der Waals surface area contributed by atoms with Gasteiger partial charge in [-0.3, -0.25) is 4.79 Å². The zero-order chi connectivity index (χ0) is 18.4. The average molecular weight is 397 g/mol. The molecular weight excluding hydrogens is 374 g/mol. The largest absolute Gasteiger partial charge is 0.486 e. The number of benzene rings is 2. The van der Waals surface area contributed by atoms with Crippen molar-refractivity contribution in [3.63, 3.8) is 0 Å². The smallest absolute Gasteiger partial charge is 0.224 e. The Bertz CT molecular complexity index is 767. The van der Waals surface area contributed by atoms with Crippen LogP contribution in [0.25, 0.3) is 0 Å². The third kappa shape index (κ3) is 6.48. The Morgan fingerprint density at radius 2 is 2.07 bits per heavy atom. The number of carbonyl (C=O) groups excluding carboxylic acids is 1. The Kier molecular flexibility index (Phi) is 8.00. The standard InChI is InChI=1S/C20H22F2N2O2.ClH/c21-16-3-1-2-15(10-16)13-26-19-6-5-17(11-18(19)22)24-20(25)7-4-14-8-9-23-12-14;/h1-3,5-6,10-11,14,23H,4,7-9,12-13H2,(H,24,25);1H. The summed E-state index contributed by atoms with van der Waals surface area (Å²) in [5, 5.41) is 5.98. The van der Waals surface area contributed by atoms with Crippen molar-refractivity contribution < 1.29 is 18.3 Å². The summed E-state index contributed by atoms with van der Waals surface area (Å²) >= 11 is 0. The number of rotatable bonds is 7. The predicted octanol–water partition coefficient (Wildman–Crippen LogP) is 4.29. The summed E-state index contributed by atoms with van der Waals surface area (Å²) in [4.78, 5) is 12.0. The number of ether oxygens (including phenoxy) is 1. The minimum absolute atomic E-state index is 0. The van der Waals surface area contributed by atoms with Gasteiger partial charge in [0.15, 0.2) is 11.6 Å². The minimum Gasteiger partial charge on any atom is -0.486 e. The van der Waals surface area contributed by atoms with Crippen molar-refractivity contribution in [2.24, 2.45) is 5.92 Å². The molecule has 0 spiro atoms. The van der Waals surface area contributed by atoms with Gasteiger partial charge in [-0.05, 0) is 61.7 Å². The molecule has 0 radical (unpaired) electrons. The van der Waals surface area contributed by atoms with Gasteiger partial charge in [-0.15, -0.1) is 12.4 Å². The molecule has 1 atom stereocenters. The summed E-state index contributed by atoms with van der Waals surface area (Å²) in [6, 6.07) is 10.2. The molecule has 7 heteroatoms. The van der Waals surface area contributed by atoms with Crippen LogP contribution in [0.3, 0.4) is 0 Å². The SMILES string of the molecule is Cl.O=C(CCC1CCNC1)Nc1ccc(OCc2cccc(F)c2)c(F)c1. The van der Waals surface area contributed by atoms with Crippen LogP contribution in [0.5, 0.6) is 5.75 Å². The first-order valence-corrected chi connectivity index (χ1v) is 8.77. The molecule has 2 aromatic rings. The molecule has 1 saturated heterocycles. The zero-order valence-corrected chi connectivity index (χ0v) is 15.7. The Morgan fingerprint density at radius 1 is 1.22 bits per heavy atom. The van der Waals surface area contributed by atoms with Crippen molar-refractivity contribution in [2.45, 2.75) is 25.9 Å². The van der Waals surface area contributed by atoms with E-state index >= 15 is 0 Å². The van der Waals surface area contributed by atoms with E-state index in [1.807, 2.05) is 0 Å². The van der Waals surface area contributed by atoms with Gasteiger partial charge in [0.05, 0.1) is 0 Å². The summed E-state index contributed by atoms with van der Waals surface area (Å²) in [5.41, 5.74) is 1.01. The Morgan fingerprint density at radius 3 is 2.78 bits per heavy atom. The third-order valence-electron chi connectivity index (χ3n) is 4.44. The molecule has 1 aliphatic rings. The maximum Gasteiger partial charge on any atom is 0.224 e. The summed E-state index contributed by atoms with van der Waals surface area (Å²) in [5.74, 6) is -0.456. The van der Waals surface area contributed by atoms with Gasteiger partial charge >= 0.3 is 0 Å². The number of anilines is 1. The molecule has 0 saturated carbocycles. The summed E-state index contributed by atoms with van der Waals surface area (Å²) < 4.78 is 32.7. The Hall–Kier alpha value is -2.18. The molecule has 1 fully saturated rings. The lowest BCUT2D eigenvalue weighted by Gasteiger charge is -2.11. The lowest BCUT2D eigenvalue weighted by Crippen LogP contribution is -2.15. The third-order valence-corrected chi connectivity index (χ3v) is 4.44. The Labute approximate surface area is 163 Å². The van der Waals surface area contributed by atoms with Crippen molar-refractivity contribution in [2.75, 3.05) is 18.4 Å². The highest BCUT2D eigenvalue weighted by Crippen LogP contribution is 2.23. The second-order valence-corrected chi connectivity index (χ2v) is 6.51. The van der Waals surface area contributed by atoms with E-state index in [4.69, 9.17) is 4.74 Å². The molecule has 146 valence electrons. The molecule has 1 unspecified atom stereocenters. The summed E-state index contributed by atoms with van der Waals surface area (Å²) in [6.45, 7) is 2.03. The van der Waals surface area contributed by atoms with Crippen LogP contribution in [0.4, 0.5) is 14.5 Å². The van der Waals surface area contributed by atoms with Gasteiger partial charge in [-0.25, -0.2) is 8.78 Å². The summed E-state index contributed by atoms with van der Waals surface area (Å²) in [6.07, 6.45) is 2.35. The van der Waals surface area contributed by atoms with Crippen molar-refractivity contribution in [3.8, 4) is 5.75 Å². The zero-order valence-electron chi connectivity index (χ0n) is 14.8. The first-order chi connectivity index (χ1) is 12.6. The molecule has 0 bridgehead atoms. The molecule has 1 aliphatic heterocycles. The van der Waals surface area contributed by atoms with Crippen LogP contribution in [-0.2, 0) is 11.4 Å². The molecule has 27 heavy (non-hydrogen) atoms. The molecular formula is C20H23ClF2N2O2. The van der Waals surface area contributed by atoms with Crippen molar-refractivity contribution >= 4 is 24.0 Å². The van der Waals surface area contributed by atoms with Gasteiger partial charge in [0, 0.05) is 18.2 Å². The van der Waals surface area contributed by atoms with Crippen LogP contribution in [0.1, 0.15) is 24.8 Å². The fraction of sp³-hybridized carbons (Fsp3) is 0.350. The number of hydrogen-bond acceptors (Lipinski definition) is 3. The van der Waals surface area contributed by atoms with Gasteiger partial charge in [-0.2, -0.15) is 0 Å². The van der Waals surface area contributed by atoms with E-state index in [0.29, 0.717) is 23.6 Å². The number of amides is 1. The van der Waals surface area contributed by atoms with Crippen LogP contribution in [0.2, 0.25) is 0 Å². The van der Waals surface area contributed by atoms with E-state index in [9.17, 15) is 13.6 Å². The maximum atomic E-state index is 14.2. The van der Waals surface area contributed by atoms with Gasteiger partial charge in [0.25, 0.3) is 0 Å². The molecule has 0 aromatic heterocycles. The number of hydrogen-bond donors (Lipinski definition) is 2. The summed E-state index contributed by atoms with van der Waals surface area (Å²) in [7, 11) is 0. The molecule has 2 aromatic carbocycles. The second kappa shape index (κ2) is 10.2. The van der Waals surface area contributed by atoms with Crippen LogP contribution in [0.15, 0.2) is 42.5 Å². The topological polar surface area (TPSA) is 50.4 Å². The van der Waals surface area contributed by atoms with Crippen LogP contribution < -0.4 is 15.4 Å². The molecule has 4 nitrogen and oxygen atoms in total. The molecule has 1 heterocycles. The predicted molar refractivity (Wildman–Crippen MR) is 103 cm³/mol. The van der Waals surface area contributed by atoms with E-state index in [-0.39, 0.29) is 36.5 Å². The average Bonchev–Trinajstić information content (AvgIpc) is 3.13. The van der Waals surface area contributed by atoms with Crippen molar-refractivity contribution in [3.05, 3.63) is 59.7 Å². The van der Waals surface area contributed by atoms with Crippen LogP contribution >= 0.6 is 12.4 Å². The normalized spacial score (nSPS) is 15.9. The van der Waals surface area contributed by atoms with Gasteiger partial charge in [0.1, 0.15) is 12.4 Å². The maximum absolute atomic E-state index is 14.2. The van der Waals surface area contributed by atoms with Crippen LogP contribution in [-0.4, -0.2) is 19.0 Å². The molecule has 3 rings (SSSR count). The van der Waals surface area contributed by atoms with Gasteiger partial charge in [-0.1, -0.05) is 12.1 Å². The monoisotopic (exact) mass is 396 g/mol. The lowest BCUT2D eigenvalue weighted by atomic mass is 10.0. The lowest BCUT2D eigenvalue weighted by molar-refractivity contribution is -0.116. The quantitative estimate of drug-likeness (QED) is 0.733. The number of halogens is 3. The van der Waals surface area contributed by atoms with E-state index in [1.54, 1.807) is 18.2 Å². The first-order valence-electron chi connectivity index (χ1n) is 8.77. The van der Waals surface area contributed by atoms with Crippen molar-refractivity contribution in [1.82, 2.24) is 5.32 Å². The highest BCUT2D eigenvalue weighted by Gasteiger charge is 2.16. The fourth-order valence-electron chi connectivity index (χ4n) is 3.00. The fourth-order valence-corrected chi connectivity index (χ4v) is 3.00. The second-order valence-electron chi connectivity index (χ2n) is 6.51. The minimum atomic E-state index is -0.570. The Balaban J connectivity index is 0.00000261. The van der Waals surface area contributed by atoms with Crippen molar-refractivity contribution in [1.29, 1.82) is 0 Å². The highest BCUT2D eigenvalue weighted by molar-refractivity contribution is 5.90. The van der Waals surface area contributed by atoms with E-state index < -0.39 is 5.82 Å². The van der Waals surface area contributed by atoms with E-state index in [2.05, 4.69) is 10.6 Å². The van der Waals surface area contributed by atoms with Gasteiger partial charge in [0.2, 0.25) is 5.91 Å². The molecule has 1 amide bonds. The first kappa shape index (κ1) is 21.1. The van der Waals surface area contributed by atoms with E-state index in [0.717, 1.165) is 25.9 Å². The van der Waals surface area contributed by atoms with Crippen LogP contribution in [0, 0.1) is 17.6 Å². The van der Waals surface area contributed by atoms with E-state index in [1.165, 1.54) is 24.3 Å².